The van der Waals surface area contributed by atoms with E-state index in [1.54, 1.807) is 13.2 Å². The second-order valence-corrected chi connectivity index (χ2v) is 4.60. The van der Waals surface area contributed by atoms with E-state index in [0.29, 0.717) is 18.0 Å². The zero-order valence-electron chi connectivity index (χ0n) is 12.4. The number of ether oxygens (including phenoxy) is 2. The summed E-state index contributed by atoms with van der Waals surface area (Å²) < 4.78 is 10.5. The van der Waals surface area contributed by atoms with Crippen LogP contribution in [0.5, 0.6) is 11.5 Å². The van der Waals surface area contributed by atoms with Crippen molar-refractivity contribution >= 4 is 35.8 Å². The number of guanidine groups is 1. The van der Waals surface area contributed by atoms with E-state index >= 15 is 0 Å². The highest BCUT2D eigenvalue weighted by Crippen LogP contribution is 2.27. The maximum Gasteiger partial charge on any atom is 0.255 e. The van der Waals surface area contributed by atoms with Crippen LogP contribution in [0.1, 0.15) is 12.0 Å². The molecule has 0 bridgehead atoms. The number of nitrogens with two attached hydrogens (primary N) is 1. The van der Waals surface area contributed by atoms with Crippen molar-refractivity contribution in [3.63, 3.8) is 0 Å². The highest BCUT2D eigenvalue weighted by atomic mass is 127. The van der Waals surface area contributed by atoms with E-state index in [0.717, 1.165) is 31.0 Å². The van der Waals surface area contributed by atoms with Gasteiger partial charge in [0.25, 0.3) is 5.91 Å². The van der Waals surface area contributed by atoms with Gasteiger partial charge in [-0.1, -0.05) is 6.07 Å². The number of benzene rings is 1. The molecule has 1 aliphatic heterocycles. The predicted octanol–water partition coefficient (Wildman–Crippen LogP) is 0.616. The largest absolute Gasteiger partial charge is 0.493 e. The van der Waals surface area contributed by atoms with Crippen molar-refractivity contribution in [2.24, 2.45) is 10.7 Å². The highest BCUT2D eigenvalue weighted by molar-refractivity contribution is 14.0. The van der Waals surface area contributed by atoms with Crippen molar-refractivity contribution in [2.45, 2.75) is 13.0 Å². The Morgan fingerprint density at radius 3 is 2.91 bits per heavy atom. The lowest BCUT2D eigenvalue weighted by Crippen LogP contribution is -2.40. The molecule has 0 atom stereocenters. The lowest BCUT2D eigenvalue weighted by molar-refractivity contribution is -0.119. The summed E-state index contributed by atoms with van der Waals surface area (Å²) in [4.78, 5) is 15.1. The normalized spacial score (nSPS) is 13.2. The van der Waals surface area contributed by atoms with Gasteiger partial charge in [0, 0.05) is 19.6 Å². The van der Waals surface area contributed by atoms with Gasteiger partial charge in [0.1, 0.15) is 0 Å². The van der Waals surface area contributed by atoms with Gasteiger partial charge in [-0.2, -0.15) is 0 Å². The quantitative estimate of drug-likeness (QED) is 0.587. The predicted molar refractivity (Wildman–Crippen MR) is 94.9 cm³/mol. The summed E-state index contributed by atoms with van der Waals surface area (Å²) in [7, 11) is 1.55. The number of primary amides is 1. The average molecular weight is 420 g/mol. The van der Waals surface area contributed by atoms with Gasteiger partial charge in [0.15, 0.2) is 24.1 Å². The number of nitrogens with one attached hydrogen (secondary N) is 2. The summed E-state index contributed by atoms with van der Waals surface area (Å²) in [5.74, 6) is 1.35. The van der Waals surface area contributed by atoms with Gasteiger partial charge < -0.3 is 25.8 Å². The topological polar surface area (TPSA) is 98.0 Å². The monoisotopic (exact) mass is 420 g/mol. The summed E-state index contributed by atoms with van der Waals surface area (Å²) >= 11 is 0. The lowest BCUT2D eigenvalue weighted by atomic mass is 10.2. The Balaban J connectivity index is 0.00000242. The molecule has 0 radical (unpaired) electrons. The summed E-state index contributed by atoms with van der Waals surface area (Å²) in [6.45, 7) is 2.24. The molecule has 2 rings (SSSR count). The summed E-state index contributed by atoms with van der Waals surface area (Å²) in [6.07, 6.45) is 1.06. The van der Waals surface area contributed by atoms with Crippen molar-refractivity contribution < 1.29 is 14.3 Å². The van der Waals surface area contributed by atoms with Crippen molar-refractivity contribution in [3.8, 4) is 11.5 Å². The zero-order chi connectivity index (χ0) is 15.1. The minimum Gasteiger partial charge on any atom is -0.493 e. The van der Waals surface area contributed by atoms with Gasteiger partial charge >= 0.3 is 0 Å². The van der Waals surface area contributed by atoms with Gasteiger partial charge in [-0.15, -0.1) is 24.0 Å². The van der Waals surface area contributed by atoms with Crippen LogP contribution in [0, 0.1) is 0 Å². The van der Waals surface area contributed by atoms with Crippen molar-refractivity contribution in [2.75, 3.05) is 26.8 Å². The fourth-order valence-electron chi connectivity index (χ4n) is 1.93. The molecule has 1 aromatic carbocycles. The van der Waals surface area contributed by atoms with Crippen LogP contribution in [0.4, 0.5) is 0 Å². The Kier molecular flexibility index (Phi) is 7.78. The molecule has 0 saturated heterocycles. The first-order valence-corrected chi connectivity index (χ1v) is 6.79. The zero-order valence-corrected chi connectivity index (χ0v) is 14.8. The van der Waals surface area contributed by atoms with Crippen LogP contribution in [0.2, 0.25) is 0 Å². The molecule has 1 amide bonds. The number of amides is 1. The number of carbonyl (C=O) groups is 1. The molecule has 8 heteroatoms. The Morgan fingerprint density at radius 1 is 1.45 bits per heavy atom. The molecule has 1 aromatic rings. The van der Waals surface area contributed by atoms with Crippen LogP contribution in [-0.4, -0.2) is 38.7 Å². The number of aliphatic imine (C=N–C) groups is 1. The number of rotatable bonds is 6. The van der Waals surface area contributed by atoms with E-state index in [9.17, 15) is 4.79 Å². The van der Waals surface area contributed by atoms with Gasteiger partial charge in [0.2, 0.25) is 0 Å². The maximum atomic E-state index is 10.7. The Labute approximate surface area is 146 Å². The molecular formula is C14H21IN4O3. The van der Waals surface area contributed by atoms with E-state index in [1.807, 2.05) is 12.1 Å². The first-order chi connectivity index (χ1) is 10.2. The van der Waals surface area contributed by atoms with Crippen molar-refractivity contribution in [1.29, 1.82) is 0 Å². The van der Waals surface area contributed by atoms with Gasteiger partial charge in [0.05, 0.1) is 7.11 Å². The van der Waals surface area contributed by atoms with Crippen molar-refractivity contribution in [3.05, 3.63) is 23.8 Å². The van der Waals surface area contributed by atoms with Crippen LogP contribution in [0.3, 0.4) is 0 Å². The van der Waals surface area contributed by atoms with Crippen molar-refractivity contribution in [1.82, 2.24) is 10.6 Å². The Morgan fingerprint density at radius 2 is 2.27 bits per heavy atom. The van der Waals surface area contributed by atoms with Crippen LogP contribution < -0.4 is 25.8 Å². The third-order valence-corrected chi connectivity index (χ3v) is 2.96. The Bertz CT molecular complexity index is 537. The van der Waals surface area contributed by atoms with E-state index in [1.165, 1.54) is 0 Å². The lowest BCUT2D eigenvalue weighted by Gasteiger charge is -2.16. The number of nitrogens with zero attached hydrogens (tertiary/aromatic N) is 1. The van der Waals surface area contributed by atoms with Gasteiger partial charge in [-0.25, -0.2) is 0 Å². The molecule has 1 heterocycles. The average Bonchev–Trinajstić information content (AvgIpc) is 2.52. The number of halogens is 1. The minimum absolute atomic E-state index is 0. The third kappa shape index (κ3) is 5.58. The summed E-state index contributed by atoms with van der Waals surface area (Å²) in [5.41, 5.74) is 6.08. The molecule has 0 fully saturated rings. The molecule has 4 N–H and O–H groups in total. The summed E-state index contributed by atoms with van der Waals surface area (Å²) in [5, 5.41) is 6.42. The van der Waals surface area contributed by atoms with E-state index in [-0.39, 0.29) is 30.6 Å². The first kappa shape index (κ1) is 18.3. The molecule has 22 heavy (non-hydrogen) atoms. The van der Waals surface area contributed by atoms with Crippen LogP contribution >= 0.6 is 24.0 Å². The van der Waals surface area contributed by atoms with Crippen LogP contribution in [-0.2, 0) is 11.3 Å². The van der Waals surface area contributed by atoms with Gasteiger partial charge in [-0.3, -0.25) is 9.79 Å². The third-order valence-electron chi connectivity index (χ3n) is 2.96. The van der Waals surface area contributed by atoms with E-state index < -0.39 is 5.91 Å². The van der Waals surface area contributed by atoms with E-state index in [4.69, 9.17) is 15.2 Å². The van der Waals surface area contributed by atoms with Gasteiger partial charge in [-0.05, 0) is 24.1 Å². The van der Waals surface area contributed by atoms with E-state index in [2.05, 4.69) is 15.6 Å². The van der Waals surface area contributed by atoms with Crippen LogP contribution in [0.25, 0.3) is 0 Å². The molecule has 7 nitrogen and oxygen atoms in total. The molecule has 1 aliphatic rings. The maximum absolute atomic E-state index is 10.7. The minimum atomic E-state index is -0.524. The fraction of sp³-hybridized carbons (Fsp3) is 0.429. The Hall–Kier alpha value is -1.71. The molecule has 0 aliphatic carbocycles. The molecule has 0 aromatic heterocycles. The molecule has 0 spiro atoms. The number of methoxy groups -OCH3 is 1. The highest BCUT2D eigenvalue weighted by Gasteiger charge is 2.08. The number of hydrogen-bond acceptors (Lipinski definition) is 6. The van der Waals surface area contributed by atoms with Crippen LogP contribution in [0.15, 0.2) is 23.2 Å². The molecular weight excluding hydrogens is 399 g/mol. The number of hydrogen-bond donors (Lipinski definition) is 3. The SMILES string of the molecule is COc1cc(CNC2=NCCCN2)ccc1OCC(N)=O.I. The standard InChI is InChI=1S/C14H20N4O3.HI/c1-20-12-7-10(3-4-11(12)21-9-13(15)19)8-18-14-16-5-2-6-17-14;/h3-4,7H,2,5-6,8-9H2,1H3,(H2,15,19)(H2,16,17,18);1H. The second-order valence-electron chi connectivity index (χ2n) is 4.60. The molecule has 0 unspecified atom stereocenters. The molecule has 0 saturated carbocycles. The smallest absolute Gasteiger partial charge is 0.255 e. The number of carbonyl (C=O) groups excluding carboxylic acids is 1. The fourth-order valence-corrected chi connectivity index (χ4v) is 1.93. The first-order valence-electron chi connectivity index (χ1n) is 6.79. The second kappa shape index (κ2) is 9.34. The summed E-state index contributed by atoms with van der Waals surface area (Å²) in [6, 6.07) is 5.51. The molecule has 122 valence electrons.